The molecule has 0 radical (unpaired) electrons. The predicted molar refractivity (Wildman–Crippen MR) is 130 cm³/mol. The average molecular weight is 557 g/mol. The molecule has 1 aliphatic carbocycles. The molecule has 1 N–H and O–H groups in total. The van der Waals surface area contributed by atoms with E-state index in [1.54, 1.807) is 42.5 Å². The summed E-state index contributed by atoms with van der Waals surface area (Å²) < 4.78 is 22.6. The molecule has 0 bridgehead atoms. The first-order valence-electron chi connectivity index (χ1n) is 11.1. The van der Waals surface area contributed by atoms with Gasteiger partial charge in [-0.25, -0.2) is 4.39 Å². The number of benzene rings is 2. The Morgan fingerprint density at radius 3 is 2.63 bits per heavy atom. The maximum atomic E-state index is 15.7. The molecule has 3 aromatic rings. The zero-order chi connectivity index (χ0) is 24.7. The van der Waals surface area contributed by atoms with Gasteiger partial charge < -0.3 is 9.84 Å². The van der Waals surface area contributed by atoms with Crippen molar-refractivity contribution in [3.05, 3.63) is 98.0 Å². The number of aliphatic hydroxyl groups excluding tert-OH is 1. The van der Waals surface area contributed by atoms with E-state index in [1.807, 2.05) is 6.07 Å². The summed E-state index contributed by atoms with van der Waals surface area (Å²) in [6.07, 6.45) is 2.22. The smallest absolute Gasteiger partial charge is 0.257 e. The van der Waals surface area contributed by atoms with Gasteiger partial charge in [-0.1, -0.05) is 39.7 Å². The second kappa shape index (κ2) is 9.32. The van der Waals surface area contributed by atoms with Crippen molar-refractivity contribution in [1.82, 2.24) is 9.88 Å². The van der Waals surface area contributed by atoms with Crippen LogP contribution in [0.15, 0.2) is 59.2 Å². The number of pyridine rings is 1. The molecular weight excluding hydrogens is 537 g/mol. The molecule has 1 saturated carbocycles. The van der Waals surface area contributed by atoms with Crippen LogP contribution >= 0.6 is 27.5 Å². The Labute approximate surface area is 215 Å². The van der Waals surface area contributed by atoms with Crippen LogP contribution in [-0.2, 0) is 17.0 Å². The summed E-state index contributed by atoms with van der Waals surface area (Å²) in [7, 11) is 0. The van der Waals surface area contributed by atoms with Crippen molar-refractivity contribution in [3.63, 3.8) is 0 Å². The van der Waals surface area contributed by atoms with Gasteiger partial charge in [-0.3, -0.25) is 14.7 Å². The van der Waals surface area contributed by atoms with E-state index in [-0.39, 0.29) is 36.3 Å². The minimum absolute atomic E-state index is 0.0200. The van der Waals surface area contributed by atoms with Gasteiger partial charge in [-0.05, 0) is 55.2 Å². The minimum atomic E-state index is -1.57. The zero-order valence-electron chi connectivity index (χ0n) is 18.4. The molecule has 1 atom stereocenters. The lowest BCUT2D eigenvalue weighted by atomic mass is 9.83. The van der Waals surface area contributed by atoms with Gasteiger partial charge in [-0.2, -0.15) is 5.26 Å². The van der Waals surface area contributed by atoms with Crippen LogP contribution in [-0.4, -0.2) is 33.6 Å². The van der Waals surface area contributed by atoms with Crippen LogP contribution in [0, 0.1) is 23.1 Å². The van der Waals surface area contributed by atoms with Crippen LogP contribution in [0.25, 0.3) is 0 Å². The van der Waals surface area contributed by atoms with E-state index in [2.05, 4.69) is 20.9 Å². The molecule has 0 spiro atoms. The molecule has 5 rings (SSSR count). The third kappa shape index (κ3) is 4.23. The van der Waals surface area contributed by atoms with Gasteiger partial charge in [0.15, 0.2) is 5.72 Å². The third-order valence-corrected chi connectivity index (χ3v) is 7.21. The molecule has 178 valence electrons. The Morgan fingerprint density at radius 1 is 1.26 bits per heavy atom. The number of carbonyl (C=O) groups is 1. The fourth-order valence-corrected chi connectivity index (χ4v) is 5.28. The van der Waals surface area contributed by atoms with E-state index in [0.29, 0.717) is 39.2 Å². The molecule has 0 unspecified atom stereocenters. The summed E-state index contributed by atoms with van der Waals surface area (Å²) in [6, 6.07) is 15.0. The number of aromatic nitrogens is 1. The molecule has 6 nitrogen and oxygen atoms in total. The van der Waals surface area contributed by atoms with E-state index in [9.17, 15) is 9.90 Å². The van der Waals surface area contributed by atoms with Crippen molar-refractivity contribution >= 4 is 33.4 Å². The number of amides is 1. The Bertz CT molecular complexity index is 1320. The lowest BCUT2D eigenvalue weighted by molar-refractivity contribution is -0.139. The topological polar surface area (TPSA) is 86.5 Å². The summed E-state index contributed by atoms with van der Waals surface area (Å²) in [5, 5.41) is 19.4. The Balaban J connectivity index is 1.67. The molecule has 9 heteroatoms. The van der Waals surface area contributed by atoms with Crippen LogP contribution in [0.2, 0.25) is 5.02 Å². The maximum Gasteiger partial charge on any atom is 0.257 e. The van der Waals surface area contributed by atoms with Gasteiger partial charge in [0, 0.05) is 21.3 Å². The number of carbonyl (C=O) groups excluding carboxylic acids is 1. The quantitative estimate of drug-likeness (QED) is 0.454. The molecule has 1 amide bonds. The van der Waals surface area contributed by atoms with Crippen LogP contribution < -0.4 is 0 Å². The number of nitrogens with zero attached hydrogens (tertiary/aromatic N) is 3. The number of hydrogen-bond acceptors (Lipinski definition) is 5. The van der Waals surface area contributed by atoms with Gasteiger partial charge in [0.25, 0.3) is 5.91 Å². The number of ether oxygens (including phenoxy) is 1. The molecule has 2 heterocycles. The van der Waals surface area contributed by atoms with Crippen molar-refractivity contribution in [1.29, 1.82) is 5.26 Å². The predicted octanol–water partition coefficient (Wildman–Crippen LogP) is 5.15. The van der Waals surface area contributed by atoms with Crippen molar-refractivity contribution in [3.8, 4) is 6.07 Å². The number of aliphatic hydroxyl groups is 1. The zero-order valence-corrected chi connectivity index (χ0v) is 20.8. The molecule has 1 aromatic heterocycles. The van der Waals surface area contributed by atoms with E-state index in [0.717, 1.165) is 0 Å². The Kier molecular flexibility index (Phi) is 6.36. The van der Waals surface area contributed by atoms with Crippen molar-refractivity contribution in [2.45, 2.75) is 31.2 Å². The third-order valence-electron chi connectivity index (χ3n) is 6.50. The number of nitriles is 1. The second-order valence-electron chi connectivity index (χ2n) is 8.80. The molecule has 0 saturated heterocycles. The fraction of sp³-hybridized carbons (Fsp3) is 0.269. The van der Waals surface area contributed by atoms with Gasteiger partial charge >= 0.3 is 0 Å². The Hall–Kier alpha value is -2.83. The highest BCUT2D eigenvalue weighted by Crippen LogP contribution is 2.49. The monoisotopic (exact) mass is 555 g/mol. The van der Waals surface area contributed by atoms with E-state index >= 15 is 4.39 Å². The first kappa shape index (κ1) is 23.9. The average Bonchev–Trinajstić information content (AvgIpc) is 3.05. The fourth-order valence-electron chi connectivity index (χ4n) is 4.72. The summed E-state index contributed by atoms with van der Waals surface area (Å²) >= 11 is 9.45. The summed E-state index contributed by atoms with van der Waals surface area (Å²) in [5.74, 6) is -0.904. The van der Waals surface area contributed by atoms with Crippen molar-refractivity contribution < 1.29 is 19.0 Å². The lowest BCUT2D eigenvalue weighted by Gasteiger charge is -2.42. The molecule has 2 aromatic carbocycles. The molecule has 35 heavy (non-hydrogen) atoms. The standard InChI is InChI=1S/C26H20BrClFN3O3/c27-18-9-22-24(23(29)10-18)26(17-2-4-19(28)5-3-17,35-14-16-7-21(33)8-16)32(25(22)34)13-20-6-1-15(11-30)12-31-20/h1-6,9-10,12,16,21,33H,7-8,13-14H2/t16?,21?,26-/m1/s1. The van der Waals surface area contributed by atoms with Crippen LogP contribution in [0.1, 0.15) is 45.6 Å². The first-order chi connectivity index (χ1) is 16.8. The maximum absolute atomic E-state index is 15.7. The number of fused-ring (bicyclic) bond motifs is 1. The summed E-state index contributed by atoms with van der Waals surface area (Å²) in [6.45, 7) is 0.241. The van der Waals surface area contributed by atoms with Gasteiger partial charge in [0.05, 0.1) is 41.6 Å². The number of hydrogen-bond donors (Lipinski definition) is 1. The largest absolute Gasteiger partial charge is 0.393 e. The van der Waals surface area contributed by atoms with E-state index in [4.69, 9.17) is 21.6 Å². The van der Waals surface area contributed by atoms with E-state index in [1.165, 1.54) is 17.2 Å². The van der Waals surface area contributed by atoms with Gasteiger partial charge in [0.2, 0.25) is 0 Å². The lowest BCUT2D eigenvalue weighted by Crippen LogP contribution is -2.48. The Morgan fingerprint density at radius 2 is 2.00 bits per heavy atom. The van der Waals surface area contributed by atoms with Crippen molar-refractivity contribution in [2.24, 2.45) is 5.92 Å². The first-order valence-corrected chi connectivity index (χ1v) is 12.2. The SMILES string of the molecule is N#Cc1ccc(CN2C(=O)c3cc(Br)cc(F)c3[C@]2(OCC2CC(O)C2)c2ccc(Cl)cc2)nc1. The normalized spacial score (nSPS) is 23.1. The van der Waals surface area contributed by atoms with E-state index < -0.39 is 17.4 Å². The molecule has 2 aliphatic rings. The summed E-state index contributed by atoms with van der Waals surface area (Å²) in [5.41, 5.74) is 0.200. The van der Waals surface area contributed by atoms with Crippen LogP contribution in [0.5, 0.6) is 0 Å². The molecule has 1 fully saturated rings. The van der Waals surface area contributed by atoms with Gasteiger partial charge in [0.1, 0.15) is 11.9 Å². The highest BCUT2D eigenvalue weighted by molar-refractivity contribution is 9.10. The minimum Gasteiger partial charge on any atom is -0.393 e. The van der Waals surface area contributed by atoms with Crippen molar-refractivity contribution in [2.75, 3.05) is 6.61 Å². The second-order valence-corrected chi connectivity index (χ2v) is 10.2. The molecular formula is C26H20BrClFN3O3. The number of rotatable bonds is 6. The van der Waals surface area contributed by atoms with Crippen LogP contribution in [0.3, 0.4) is 0 Å². The summed E-state index contributed by atoms with van der Waals surface area (Å²) in [4.78, 5) is 19.6. The highest BCUT2D eigenvalue weighted by Gasteiger charge is 2.54. The molecule has 1 aliphatic heterocycles. The van der Waals surface area contributed by atoms with Gasteiger partial charge in [-0.15, -0.1) is 0 Å². The van der Waals surface area contributed by atoms with Crippen LogP contribution in [0.4, 0.5) is 4.39 Å². The highest BCUT2D eigenvalue weighted by atomic mass is 79.9. The number of halogens is 3.